The molecule has 168 valence electrons. The number of aliphatic hydroxyl groups excluding tert-OH is 1. The number of aromatic nitrogens is 2. The Hall–Kier alpha value is -2.83. The highest BCUT2D eigenvalue weighted by Crippen LogP contribution is 2.34. The molecule has 0 unspecified atom stereocenters. The van der Waals surface area contributed by atoms with Crippen LogP contribution >= 0.6 is 0 Å². The first-order chi connectivity index (χ1) is 14.5. The molecule has 8 nitrogen and oxygen atoms in total. The highest BCUT2D eigenvalue weighted by Gasteiger charge is 2.35. The molecule has 0 aliphatic heterocycles. The number of ether oxygens (including phenoxy) is 1. The first-order valence-corrected chi connectivity index (χ1v) is 11.1. The molecule has 0 saturated heterocycles. The molecule has 0 radical (unpaired) electrons. The zero-order valence-corrected chi connectivity index (χ0v) is 17.2. The molecule has 0 aliphatic rings. The number of aliphatic hydroxyl groups is 1. The average molecular weight is 458 g/mol. The Labute approximate surface area is 176 Å². The first-order valence-electron chi connectivity index (χ1n) is 9.17. The monoisotopic (exact) mass is 458 g/mol. The quantitative estimate of drug-likeness (QED) is 0.367. The SMILES string of the molecule is CS(=O)(=O)Nc1cccc([C@@H](O)CNCCOc2ccc3c(C(F)(F)F)n[nH]c3c2)c1. The number of rotatable bonds is 9. The summed E-state index contributed by atoms with van der Waals surface area (Å²) in [6, 6.07) is 10.6. The van der Waals surface area contributed by atoms with Gasteiger partial charge in [-0.25, -0.2) is 8.42 Å². The van der Waals surface area contributed by atoms with E-state index in [0.29, 0.717) is 23.5 Å². The van der Waals surface area contributed by atoms with Gasteiger partial charge in [0.05, 0.1) is 17.9 Å². The number of halogens is 3. The van der Waals surface area contributed by atoms with Gasteiger partial charge in [0.2, 0.25) is 10.0 Å². The second kappa shape index (κ2) is 9.12. The summed E-state index contributed by atoms with van der Waals surface area (Å²) in [6.07, 6.45) is -4.37. The predicted molar refractivity (Wildman–Crippen MR) is 109 cm³/mol. The third-order valence-corrected chi connectivity index (χ3v) is 4.87. The van der Waals surface area contributed by atoms with E-state index in [0.717, 1.165) is 6.26 Å². The Bertz CT molecular complexity index is 1150. The summed E-state index contributed by atoms with van der Waals surface area (Å²) in [5.41, 5.74) is 0.133. The van der Waals surface area contributed by atoms with Gasteiger partial charge in [-0.2, -0.15) is 18.3 Å². The molecule has 0 saturated carbocycles. The van der Waals surface area contributed by atoms with Gasteiger partial charge in [-0.3, -0.25) is 9.82 Å². The number of anilines is 1. The second-order valence-corrected chi connectivity index (χ2v) is 8.59. The van der Waals surface area contributed by atoms with Crippen molar-refractivity contribution in [2.75, 3.05) is 30.7 Å². The van der Waals surface area contributed by atoms with Crippen molar-refractivity contribution in [3.05, 3.63) is 53.7 Å². The van der Waals surface area contributed by atoms with E-state index in [9.17, 15) is 26.7 Å². The van der Waals surface area contributed by atoms with Crippen molar-refractivity contribution < 1.29 is 31.4 Å². The highest BCUT2D eigenvalue weighted by atomic mass is 32.2. The predicted octanol–water partition coefficient (Wildman–Crippen LogP) is 2.66. The zero-order valence-electron chi connectivity index (χ0n) is 16.4. The van der Waals surface area contributed by atoms with Gasteiger partial charge in [0.1, 0.15) is 12.4 Å². The molecule has 12 heteroatoms. The van der Waals surface area contributed by atoms with Crippen LogP contribution in [0.15, 0.2) is 42.5 Å². The number of H-pyrrole nitrogens is 1. The van der Waals surface area contributed by atoms with E-state index in [1.165, 1.54) is 18.2 Å². The number of sulfonamides is 1. The Kier molecular flexibility index (Phi) is 6.72. The molecule has 1 heterocycles. The van der Waals surface area contributed by atoms with E-state index in [1.54, 1.807) is 24.3 Å². The minimum absolute atomic E-state index is 0.0336. The Morgan fingerprint density at radius 3 is 2.71 bits per heavy atom. The van der Waals surface area contributed by atoms with Crippen molar-refractivity contribution >= 4 is 26.6 Å². The van der Waals surface area contributed by atoms with Crippen LogP contribution < -0.4 is 14.8 Å². The molecular weight excluding hydrogens is 437 g/mol. The molecule has 1 aromatic heterocycles. The number of benzene rings is 2. The minimum Gasteiger partial charge on any atom is -0.492 e. The molecule has 1 atom stereocenters. The summed E-state index contributed by atoms with van der Waals surface area (Å²) in [5, 5.41) is 18.9. The lowest BCUT2D eigenvalue weighted by Crippen LogP contribution is -2.26. The summed E-state index contributed by atoms with van der Waals surface area (Å²) in [7, 11) is -3.42. The third-order valence-electron chi connectivity index (χ3n) is 4.26. The van der Waals surface area contributed by atoms with Crippen LogP contribution in [0.3, 0.4) is 0 Å². The number of alkyl halides is 3. The molecule has 0 bridgehead atoms. The molecule has 0 aliphatic carbocycles. The van der Waals surface area contributed by atoms with Gasteiger partial charge in [0, 0.05) is 30.2 Å². The fourth-order valence-corrected chi connectivity index (χ4v) is 3.48. The van der Waals surface area contributed by atoms with E-state index >= 15 is 0 Å². The van der Waals surface area contributed by atoms with Gasteiger partial charge in [0.15, 0.2) is 5.69 Å². The van der Waals surface area contributed by atoms with Gasteiger partial charge in [-0.15, -0.1) is 0 Å². The van der Waals surface area contributed by atoms with Gasteiger partial charge in [-0.1, -0.05) is 12.1 Å². The van der Waals surface area contributed by atoms with Crippen molar-refractivity contribution in [2.24, 2.45) is 0 Å². The van der Waals surface area contributed by atoms with Crippen LogP contribution in [0.1, 0.15) is 17.4 Å². The zero-order chi connectivity index (χ0) is 22.6. The highest BCUT2D eigenvalue weighted by molar-refractivity contribution is 7.92. The summed E-state index contributed by atoms with van der Waals surface area (Å²) in [4.78, 5) is 0. The van der Waals surface area contributed by atoms with Crippen LogP contribution in [0.4, 0.5) is 18.9 Å². The van der Waals surface area contributed by atoms with Crippen LogP contribution in [0, 0.1) is 0 Å². The maximum Gasteiger partial charge on any atom is 0.435 e. The number of nitrogens with zero attached hydrogens (tertiary/aromatic N) is 1. The van der Waals surface area contributed by atoms with Crippen molar-refractivity contribution in [2.45, 2.75) is 12.3 Å². The molecule has 0 spiro atoms. The van der Waals surface area contributed by atoms with E-state index in [2.05, 4.69) is 20.2 Å². The van der Waals surface area contributed by atoms with Gasteiger partial charge >= 0.3 is 6.18 Å². The molecule has 2 aromatic carbocycles. The Balaban J connectivity index is 1.47. The summed E-state index contributed by atoms with van der Waals surface area (Å²) in [6.45, 7) is 0.779. The van der Waals surface area contributed by atoms with E-state index in [-0.39, 0.29) is 24.1 Å². The third kappa shape index (κ3) is 6.32. The standard InChI is InChI=1S/C19H21F3N4O4S/c1-31(28,29)26-13-4-2-3-12(9-13)17(27)11-23-7-8-30-14-5-6-15-16(10-14)24-25-18(15)19(20,21)22/h2-6,9-10,17,23,26-27H,7-8,11H2,1H3,(H,24,25)/t17-/m0/s1. The Morgan fingerprint density at radius 1 is 1.23 bits per heavy atom. The molecule has 0 fully saturated rings. The number of aromatic amines is 1. The van der Waals surface area contributed by atoms with Crippen LogP contribution in [0.25, 0.3) is 10.9 Å². The Morgan fingerprint density at radius 2 is 2.00 bits per heavy atom. The summed E-state index contributed by atoms with van der Waals surface area (Å²) >= 11 is 0. The van der Waals surface area contributed by atoms with E-state index in [4.69, 9.17) is 4.74 Å². The fourth-order valence-electron chi connectivity index (χ4n) is 2.93. The molecule has 31 heavy (non-hydrogen) atoms. The fraction of sp³-hybridized carbons (Fsp3) is 0.316. The molecular formula is C19H21F3N4O4S. The van der Waals surface area contributed by atoms with Crippen molar-refractivity contribution in [1.82, 2.24) is 15.5 Å². The van der Waals surface area contributed by atoms with Crippen LogP contribution in [0.5, 0.6) is 5.75 Å². The lowest BCUT2D eigenvalue weighted by Gasteiger charge is -2.14. The molecule has 3 aromatic rings. The molecule has 0 amide bonds. The van der Waals surface area contributed by atoms with Crippen molar-refractivity contribution in [3.63, 3.8) is 0 Å². The van der Waals surface area contributed by atoms with Crippen molar-refractivity contribution in [1.29, 1.82) is 0 Å². The normalized spacial score (nSPS) is 13.3. The number of hydrogen-bond acceptors (Lipinski definition) is 6. The number of nitrogens with one attached hydrogen (secondary N) is 3. The summed E-state index contributed by atoms with van der Waals surface area (Å²) in [5.74, 6) is 0.381. The van der Waals surface area contributed by atoms with Crippen molar-refractivity contribution in [3.8, 4) is 5.75 Å². The smallest absolute Gasteiger partial charge is 0.435 e. The van der Waals surface area contributed by atoms with E-state index < -0.39 is 28.0 Å². The van der Waals surface area contributed by atoms with E-state index in [1.807, 2.05) is 0 Å². The summed E-state index contributed by atoms with van der Waals surface area (Å²) < 4.78 is 69.0. The average Bonchev–Trinajstić information content (AvgIpc) is 3.10. The second-order valence-electron chi connectivity index (χ2n) is 6.85. The maximum atomic E-state index is 12.8. The molecule has 4 N–H and O–H groups in total. The van der Waals surface area contributed by atoms with Gasteiger partial charge in [-0.05, 0) is 29.8 Å². The van der Waals surface area contributed by atoms with Gasteiger partial charge in [0.25, 0.3) is 0 Å². The van der Waals surface area contributed by atoms with Crippen LogP contribution in [-0.4, -0.2) is 49.7 Å². The first kappa shape index (κ1) is 22.8. The largest absolute Gasteiger partial charge is 0.492 e. The van der Waals surface area contributed by atoms with Gasteiger partial charge < -0.3 is 15.2 Å². The lowest BCUT2D eigenvalue weighted by atomic mass is 10.1. The lowest BCUT2D eigenvalue weighted by molar-refractivity contribution is -0.139. The van der Waals surface area contributed by atoms with Crippen LogP contribution in [0.2, 0.25) is 0 Å². The minimum atomic E-state index is -4.54. The molecule has 3 rings (SSSR count). The topological polar surface area (TPSA) is 116 Å². The number of hydrogen-bond donors (Lipinski definition) is 4. The maximum absolute atomic E-state index is 12.8. The number of fused-ring (bicyclic) bond motifs is 1. The van der Waals surface area contributed by atoms with Crippen LogP contribution in [-0.2, 0) is 16.2 Å².